The molecule has 3 aromatic carbocycles. The van der Waals surface area contributed by atoms with E-state index in [-0.39, 0.29) is 17.5 Å². The Labute approximate surface area is 198 Å². The van der Waals surface area contributed by atoms with Gasteiger partial charge in [0.15, 0.2) is 0 Å². The van der Waals surface area contributed by atoms with Crippen molar-refractivity contribution in [3.8, 4) is 6.07 Å². The number of benzene rings is 3. The molecule has 3 amide bonds. The van der Waals surface area contributed by atoms with Crippen LogP contribution in [0.5, 0.6) is 0 Å². The highest BCUT2D eigenvalue weighted by atomic mass is 35.5. The number of nitriles is 1. The first kappa shape index (κ1) is 23.8. The minimum Gasteiger partial charge on any atom is -0.334 e. The van der Waals surface area contributed by atoms with Crippen LogP contribution < -0.4 is 16.0 Å². The normalized spacial score (nSPS) is 10.4. The predicted molar refractivity (Wildman–Crippen MR) is 130 cm³/mol. The van der Waals surface area contributed by atoms with Gasteiger partial charge in [0.05, 0.1) is 10.6 Å². The van der Waals surface area contributed by atoms with E-state index in [2.05, 4.69) is 20.9 Å². The first-order valence-electron chi connectivity index (χ1n) is 10.2. The summed E-state index contributed by atoms with van der Waals surface area (Å²) < 4.78 is 0. The Hall–Kier alpha value is -3.86. The third-order valence-electron chi connectivity index (χ3n) is 4.70. The molecule has 33 heavy (non-hydrogen) atoms. The summed E-state index contributed by atoms with van der Waals surface area (Å²) >= 11 is 5.98. The largest absolute Gasteiger partial charge is 0.334 e. The number of nitrogens with zero attached hydrogens (tertiary/aromatic N) is 2. The van der Waals surface area contributed by atoms with E-state index in [9.17, 15) is 9.59 Å². The Balaban J connectivity index is 1.55. The molecule has 0 atom stereocenters. The highest BCUT2D eigenvalue weighted by Crippen LogP contribution is 2.20. The molecule has 3 rings (SSSR count). The van der Waals surface area contributed by atoms with Gasteiger partial charge in [0.2, 0.25) is 0 Å². The van der Waals surface area contributed by atoms with Crippen LogP contribution in [0.4, 0.5) is 16.2 Å². The van der Waals surface area contributed by atoms with Gasteiger partial charge in [0, 0.05) is 30.0 Å². The molecule has 0 unspecified atom stereocenters. The summed E-state index contributed by atoms with van der Waals surface area (Å²) in [4.78, 5) is 26.9. The molecular formula is C25H24ClN5O2. The molecule has 0 aliphatic rings. The Kier molecular flexibility index (Phi) is 8.03. The molecule has 0 aromatic heterocycles. The summed E-state index contributed by atoms with van der Waals surface area (Å²) in [5.41, 5.74) is 3.95. The van der Waals surface area contributed by atoms with Crippen molar-refractivity contribution in [3.63, 3.8) is 0 Å². The summed E-state index contributed by atoms with van der Waals surface area (Å²) in [6, 6.07) is 20.9. The van der Waals surface area contributed by atoms with Crippen molar-refractivity contribution in [2.45, 2.75) is 13.1 Å². The number of hydrogen-bond donors (Lipinski definition) is 3. The topological polar surface area (TPSA) is 97.3 Å². The fourth-order valence-corrected chi connectivity index (χ4v) is 3.35. The van der Waals surface area contributed by atoms with Gasteiger partial charge in [0.1, 0.15) is 6.07 Å². The van der Waals surface area contributed by atoms with Gasteiger partial charge >= 0.3 is 6.03 Å². The molecular weight excluding hydrogens is 438 g/mol. The van der Waals surface area contributed by atoms with E-state index < -0.39 is 6.03 Å². The van der Waals surface area contributed by atoms with Crippen LogP contribution in [0.1, 0.15) is 27.0 Å². The number of amides is 3. The molecule has 8 heteroatoms. The number of hydrogen-bond acceptors (Lipinski definition) is 4. The second-order valence-corrected chi connectivity index (χ2v) is 8.11. The van der Waals surface area contributed by atoms with Crippen LogP contribution in [0, 0.1) is 11.3 Å². The average Bonchev–Trinajstić information content (AvgIpc) is 2.79. The lowest BCUT2D eigenvalue weighted by molar-refractivity contribution is 0.102. The van der Waals surface area contributed by atoms with E-state index in [4.69, 9.17) is 16.9 Å². The number of halogens is 1. The first-order chi connectivity index (χ1) is 15.8. The van der Waals surface area contributed by atoms with E-state index in [1.165, 1.54) is 12.1 Å². The van der Waals surface area contributed by atoms with E-state index in [0.717, 1.165) is 17.7 Å². The summed E-state index contributed by atoms with van der Waals surface area (Å²) in [5.74, 6) is -0.228. The van der Waals surface area contributed by atoms with Crippen molar-refractivity contribution in [2.75, 3.05) is 24.7 Å². The van der Waals surface area contributed by atoms with Crippen LogP contribution in [-0.4, -0.2) is 30.9 Å². The van der Waals surface area contributed by atoms with Crippen LogP contribution in [-0.2, 0) is 13.1 Å². The summed E-state index contributed by atoms with van der Waals surface area (Å²) in [6.45, 7) is 1.06. The monoisotopic (exact) mass is 461 g/mol. The third-order valence-corrected chi connectivity index (χ3v) is 5.01. The van der Waals surface area contributed by atoms with Crippen molar-refractivity contribution >= 4 is 34.9 Å². The van der Waals surface area contributed by atoms with Crippen molar-refractivity contribution in [1.82, 2.24) is 10.2 Å². The average molecular weight is 462 g/mol. The van der Waals surface area contributed by atoms with Crippen molar-refractivity contribution < 1.29 is 9.59 Å². The quantitative estimate of drug-likeness (QED) is 0.468. The van der Waals surface area contributed by atoms with Gasteiger partial charge in [-0.3, -0.25) is 4.79 Å². The van der Waals surface area contributed by atoms with E-state index >= 15 is 0 Å². The number of anilines is 2. The van der Waals surface area contributed by atoms with Crippen molar-refractivity contribution in [2.24, 2.45) is 0 Å². The van der Waals surface area contributed by atoms with Crippen LogP contribution in [0.25, 0.3) is 0 Å². The van der Waals surface area contributed by atoms with Crippen molar-refractivity contribution in [1.29, 1.82) is 5.26 Å². The number of carbonyl (C=O) groups excluding carboxylic acids is 2. The zero-order chi connectivity index (χ0) is 23.8. The van der Waals surface area contributed by atoms with Crippen LogP contribution in [0.3, 0.4) is 0 Å². The number of rotatable bonds is 7. The summed E-state index contributed by atoms with van der Waals surface area (Å²) in [6.07, 6.45) is 0. The molecule has 0 fully saturated rings. The molecule has 0 saturated heterocycles. The maximum absolute atomic E-state index is 12.6. The van der Waals surface area contributed by atoms with Crippen LogP contribution >= 0.6 is 11.6 Å². The number of nitrogens with one attached hydrogen (secondary N) is 3. The van der Waals surface area contributed by atoms with Crippen LogP contribution in [0.2, 0.25) is 5.02 Å². The third kappa shape index (κ3) is 7.07. The van der Waals surface area contributed by atoms with Gasteiger partial charge in [-0.25, -0.2) is 4.79 Å². The Bertz CT molecular complexity index is 1190. The maximum Gasteiger partial charge on any atom is 0.319 e. The molecule has 3 N–H and O–H groups in total. The minimum atomic E-state index is -0.427. The minimum absolute atomic E-state index is 0.228. The summed E-state index contributed by atoms with van der Waals surface area (Å²) in [7, 11) is 4.01. The zero-order valence-corrected chi connectivity index (χ0v) is 19.1. The predicted octanol–water partition coefficient (Wildman–Crippen LogP) is 4.85. The van der Waals surface area contributed by atoms with Gasteiger partial charge in [-0.1, -0.05) is 35.9 Å². The molecule has 0 heterocycles. The highest BCUT2D eigenvalue weighted by molar-refractivity contribution is 6.32. The fraction of sp³-hybridized carbons (Fsp3) is 0.160. The lowest BCUT2D eigenvalue weighted by Gasteiger charge is -2.11. The molecule has 168 valence electrons. The molecule has 0 radical (unpaired) electrons. The molecule has 0 spiro atoms. The molecule has 0 bridgehead atoms. The Morgan fingerprint density at radius 2 is 1.67 bits per heavy atom. The zero-order valence-electron chi connectivity index (χ0n) is 18.4. The standard InChI is InChI=1S/C25H24ClN5O2/c1-31(2)16-17-6-9-21(10-7-17)29-24(32)19-5-3-4-18(12-19)15-28-25(33)30-22-11-8-20(14-27)23(26)13-22/h3-13H,15-16H2,1-2H3,(H,29,32)(H2,28,30,33). The Morgan fingerprint density at radius 3 is 2.33 bits per heavy atom. The fourth-order valence-electron chi connectivity index (χ4n) is 3.13. The lowest BCUT2D eigenvalue weighted by Crippen LogP contribution is -2.28. The Morgan fingerprint density at radius 1 is 0.939 bits per heavy atom. The molecule has 3 aromatic rings. The molecule has 0 aliphatic heterocycles. The van der Waals surface area contributed by atoms with E-state index in [1.54, 1.807) is 24.3 Å². The second-order valence-electron chi connectivity index (χ2n) is 7.70. The van der Waals surface area contributed by atoms with Gasteiger partial charge in [-0.15, -0.1) is 0 Å². The van der Waals surface area contributed by atoms with E-state index in [1.807, 2.05) is 50.5 Å². The van der Waals surface area contributed by atoms with E-state index in [0.29, 0.717) is 22.5 Å². The molecule has 0 saturated carbocycles. The molecule has 0 aliphatic carbocycles. The second kappa shape index (κ2) is 11.1. The SMILES string of the molecule is CN(C)Cc1ccc(NC(=O)c2cccc(CNC(=O)Nc3ccc(C#N)c(Cl)c3)c2)cc1. The maximum atomic E-state index is 12.6. The lowest BCUT2D eigenvalue weighted by atomic mass is 10.1. The smallest absolute Gasteiger partial charge is 0.319 e. The highest BCUT2D eigenvalue weighted by Gasteiger charge is 2.09. The van der Waals surface area contributed by atoms with Gasteiger partial charge in [-0.05, 0) is 67.7 Å². The van der Waals surface area contributed by atoms with Crippen LogP contribution in [0.15, 0.2) is 66.7 Å². The van der Waals surface area contributed by atoms with Gasteiger partial charge in [0.25, 0.3) is 5.91 Å². The number of urea groups is 1. The van der Waals surface area contributed by atoms with Crippen molar-refractivity contribution in [3.05, 3.63) is 94.0 Å². The number of carbonyl (C=O) groups is 2. The first-order valence-corrected chi connectivity index (χ1v) is 10.6. The molecule has 7 nitrogen and oxygen atoms in total. The van der Waals surface area contributed by atoms with Gasteiger partial charge in [-0.2, -0.15) is 5.26 Å². The van der Waals surface area contributed by atoms with Gasteiger partial charge < -0.3 is 20.9 Å². The summed E-state index contributed by atoms with van der Waals surface area (Å²) in [5, 5.41) is 17.5.